The van der Waals surface area contributed by atoms with Gasteiger partial charge >= 0.3 is 11.9 Å². The molecule has 0 aromatic carbocycles. The fourth-order valence-electron chi connectivity index (χ4n) is 5.42. The van der Waals surface area contributed by atoms with Gasteiger partial charge in [0.25, 0.3) is 0 Å². The number of ether oxygens (including phenoxy) is 4. The third-order valence-electron chi connectivity index (χ3n) is 8.78. The van der Waals surface area contributed by atoms with E-state index in [0.29, 0.717) is 17.4 Å². The van der Waals surface area contributed by atoms with E-state index >= 15 is 0 Å². The van der Waals surface area contributed by atoms with Crippen molar-refractivity contribution in [3.05, 3.63) is 48.6 Å². The van der Waals surface area contributed by atoms with Gasteiger partial charge in [0.1, 0.15) is 13.2 Å². The number of unbranched alkanes of at least 4 members (excludes halogenated alkanes) is 15. The molecule has 9 nitrogen and oxygen atoms in total. The lowest BCUT2D eigenvalue weighted by Crippen LogP contribution is -2.44. The molecule has 0 spiro atoms. The van der Waals surface area contributed by atoms with E-state index in [0.717, 1.165) is 89.9 Å². The van der Waals surface area contributed by atoms with Gasteiger partial charge in [-0.2, -0.15) is 0 Å². The average molecular weight is 762 g/mol. The van der Waals surface area contributed by atoms with E-state index in [1.807, 2.05) is 21.1 Å². The van der Waals surface area contributed by atoms with Crippen LogP contribution >= 0.6 is 0 Å². The maximum absolute atomic E-state index is 12.7. The Bertz CT molecular complexity index is 1030. The SMILES string of the molecule is CCC/C=C\C/C=C\CCCCCCCC(=O)OCC(COC(OCC[N+](C)(C)C)C(=O)[O-])OC(=O)CCCCCCC/C=C\C/C=C\CCCCCC. The molecular weight excluding hydrogens is 682 g/mol. The summed E-state index contributed by atoms with van der Waals surface area (Å²) in [6.07, 6.45) is 38.5. The summed E-state index contributed by atoms with van der Waals surface area (Å²) in [4.78, 5) is 36.9. The molecule has 0 saturated carbocycles. The van der Waals surface area contributed by atoms with Crippen molar-refractivity contribution in [1.29, 1.82) is 0 Å². The van der Waals surface area contributed by atoms with Gasteiger partial charge in [-0.3, -0.25) is 9.59 Å². The number of nitrogens with zero attached hydrogens (tertiary/aromatic N) is 1. The van der Waals surface area contributed by atoms with Crippen molar-refractivity contribution in [3.8, 4) is 0 Å². The molecule has 0 aromatic rings. The molecular formula is C45H79NO8. The van der Waals surface area contributed by atoms with Crippen molar-refractivity contribution < 1.29 is 42.9 Å². The van der Waals surface area contributed by atoms with Crippen molar-refractivity contribution in [2.45, 2.75) is 174 Å². The Kier molecular flexibility index (Phi) is 35.3. The zero-order valence-corrected chi connectivity index (χ0v) is 35.1. The zero-order valence-electron chi connectivity index (χ0n) is 35.1. The van der Waals surface area contributed by atoms with Gasteiger partial charge in [-0.25, -0.2) is 0 Å². The number of carboxylic acid groups (broad SMARTS) is 1. The summed E-state index contributed by atoms with van der Waals surface area (Å²) >= 11 is 0. The number of hydrogen-bond acceptors (Lipinski definition) is 8. The number of quaternary nitrogens is 1. The van der Waals surface area contributed by atoms with Gasteiger partial charge in [0.15, 0.2) is 12.4 Å². The highest BCUT2D eigenvalue weighted by atomic mass is 16.7. The Morgan fingerprint density at radius 1 is 0.556 bits per heavy atom. The van der Waals surface area contributed by atoms with Crippen molar-refractivity contribution in [2.75, 3.05) is 47.5 Å². The second-order valence-corrected chi connectivity index (χ2v) is 15.3. The molecule has 0 bridgehead atoms. The number of rotatable bonds is 38. The number of likely N-dealkylation sites (N-methyl/N-ethyl adjacent to an activating group) is 1. The number of hydrogen-bond donors (Lipinski definition) is 0. The highest BCUT2D eigenvalue weighted by Gasteiger charge is 2.21. The van der Waals surface area contributed by atoms with Crippen LogP contribution in [-0.2, 0) is 33.3 Å². The molecule has 2 atom stereocenters. The first-order valence-corrected chi connectivity index (χ1v) is 21.3. The highest BCUT2D eigenvalue weighted by molar-refractivity contribution is 5.70. The second kappa shape index (κ2) is 37.2. The van der Waals surface area contributed by atoms with Gasteiger partial charge in [0.05, 0.1) is 40.3 Å². The lowest BCUT2D eigenvalue weighted by molar-refractivity contribution is -0.870. The van der Waals surface area contributed by atoms with Crippen LogP contribution in [0.3, 0.4) is 0 Å². The van der Waals surface area contributed by atoms with Crippen LogP contribution in [0.2, 0.25) is 0 Å². The van der Waals surface area contributed by atoms with E-state index < -0.39 is 24.3 Å². The first-order chi connectivity index (χ1) is 26.1. The minimum atomic E-state index is -1.63. The van der Waals surface area contributed by atoms with E-state index in [4.69, 9.17) is 18.9 Å². The Balaban J connectivity index is 4.53. The molecule has 0 saturated heterocycles. The Morgan fingerprint density at radius 2 is 1.04 bits per heavy atom. The molecule has 0 heterocycles. The van der Waals surface area contributed by atoms with Crippen molar-refractivity contribution in [2.24, 2.45) is 0 Å². The van der Waals surface area contributed by atoms with Crippen LogP contribution in [-0.4, -0.2) is 82.3 Å². The molecule has 0 N–H and O–H groups in total. The summed E-state index contributed by atoms with van der Waals surface area (Å²) in [5.41, 5.74) is 0. The van der Waals surface area contributed by atoms with Crippen LogP contribution in [0.25, 0.3) is 0 Å². The zero-order chi connectivity index (χ0) is 40.0. The van der Waals surface area contributed by atoms with Crippen LogP contribution in [0.1, 0.15) is 162 Å². The smallest absolute Gasteiger partial charge is 0.306 e. The molecule has 0 amide bonds. The van der Waals surface area contributed by atoms with E-state index in [9.17, 15) is 19.5 Å². The molecule has 0 aromatic heterocycles. The van der Waals surface area contributed by atoms with Crippen LogP contribution < -0.4 is 5.11 Å². The average Bonchev–Trinajstić information content (AvgIpc) is 3.12. The minimum Gasteiger partial charge on any atom is -0.545 e. The third-order valence-corrected chi connectivity index (χ3v) is 8.78. The first-order valence-electron chi connectivity index (χ1n) is 21.3. The molecule has 0 aliphatic rings. The molecule has 312 valence electrons. The van der Waals surface area contributed by atoms with Crippen molar-refractivity contribution in [1.82, 2.24) is 0 Å². The van der Waals surface area contributed by atoms with E-state index in [2.05, 4.69) is 62.5 Å². The predicted molar refractivity (Wildman–Crippen MR) is 219 cm³/mol. The van der Waals surface area contributed by atoms with E-state index in [1.165, 1.54) is 38.5 Å². The van der Waals surface area contributed by atoms with Crippen LogP contribution in [0, 0.1) is 0 Å². The largest absolute Gasteiger partial charge is 0.545 e. The number of carboxylic acids is 1. The van der Waals surface area contributed by atoms with Gasteiger partial charge in [-0.15, -0.1) is 0 Å². The summed E-state index contributed by atoms with van der Waals surface area (Å²) in [6, 6.07) is 0. The van der Waals surface area contributed by atoms with Gasteiger partial charge in [-0.05, 0) is 70.6 Å². The summed E-state index contributed by atoms with van der Waals surface area (Å²) in [5, 5.41) is 11.7. The number of esters is 2. The molecule has 9 heteroatoms. The Morgan fingerprint density at radius 3 is 1.54 bits per heavy atom. The van der Waals surface area contributed by atoms with Crippen LogP contribution in [0.4, 0.5) is 0 Å². The third kappa shape index (κ3) is 37.6. The maximum Gasteiger partial charge on any atom is 0.306 e. The number of carbonyl (C=O) groups excluding carboxylic acids is 3. The Hall–Kier alpha value is -2.75. The molecule has 2 unspecified atom stereocenters. The van der Waals surface area contributed by atoms with E-state index in [-0.39, 0.29) is 38.6 Å². The predicted octanol–water partition coefficient (Wildman–Crippen LogP) is 9.49. The summed E-state index contributed by atoms with van der Waals surface area (Å²) in [5.74, 6) is -2.33. The molecule has 0 radical (unpaired) electrons. The minimum absolute atomic E-state index is 0.141. The first kappa shape index (κ1) is 51.2. The summed E-state index contributed by atoms with van der Waals surface area (Å²) in [6.45, 7) is 4.60. The lowest BCUT2D eigenvalue weighted by Gasteiger charge is -2.26. The number of carbonyl (C=O) groups is 3. The molecule has 0 aliphatic carbocycles. The topological polar surface area (TPSA) is 111 Å². The van der Waals surface area contributed by atoms with Crippen LogP contribution in [0.15, 0.2) is 48.6 Å². The van der Waals surface area contributed by atoms with Gasteiger partial charge in [0, 0.05) is 12.8 Å². The van der Waals surface area contributed by atoms with Crippen molar-refractivity contribution >= 4 is 17.9 Å². The maximum atomic E-state index is 12.7. The molecule has 54 heavy (non-hydrogen) atoms. The fourth-order valence-corrected chi connectivity index (χ4v) is 5.42. The molecule has 0 fully saturated rings. The highest BCUT2D eigenvalue weighted by Crippen LogP contribution is 2.12. The standard InChI is InChI=1S/C45H79NO8/c1-6-8-10-12-14-16-18-20-21-22-24-26-28-30-32-34-36-43(48)54-41(40-53-45(44(49)50)51-38-37-46(3,4)5)39-52-42(47)35-33-31-29-27-25-23-19-17-15-13-11-9-7-2/h11,13,16-19,21-22,41,45H,6-10,12,14-15,20,23-40H2,1-5H3/b13-11-,18-16-,19-17-,22-21-. The quantitative estimate of drug-likeness (QED) is 0.0201. The van der Waals surface area contributed by atoms with Gasteiger partial charge in [0.2, 0.25) is 0 Å². The fraction of sp³-hybridized carbons (Fsp3) is 0.756. The summed E-state index contributed by atoms with van der Waals surface area (Å²) in [7, 11) is 5.89. The van der Waals surface area contributed by atoms with Gasteiger partial charge < -0.3 is 33.3 Å². The summed E-state index contributed by atoms with van der Waals surface area (Å²) < 4.78 is 22.5. The van der Waals surface area contributed by atoms with Gasteiger partial charge in [-0.1, -0.05) is 127 Å². The number of allylic oxidation sites excluding steroid dienone is 8. The Labute approximate surface area is 330 Å². The van der Waals surface area contributed by atoms with Crippen molar-refractivity contribution in [3.63, 3.8) is 0 Å². The second-order valence-electron chi connectivity index (χ2n) is 15.3. The van der Waals surface area contributed by atoms with E-state index in [1.54, 1.807) is 0 Å². The normalized spacial score (nSPS) is 13.4. The lowest BCUT2D eigenvalue weighted by atomic mass is 10.1. The number of aliphatic carboxylic acids is 1. The van der Waals surface area contributed by atoms with Crippen LogP contribution in [0.5, 0.6) is 0 Å². The molecule has 0 aliphatic heterocycles. The molecule has 0 rings (SSSR count). The monoisotopic (exact) mass is 762 g/mol.